The van der Waals surface area contributed by atoms with Crippen molar-refractivity contribution in [1.82, 2.24) is 10.3 Å². The van der Waals surface area contributed by atoms with Crippen LogP contribution >= 0.6 is 11.3 Å². The smallest absolute Gasteiger partial charge is 0.263 e. The molecule has 162 valence electrons. The molecule has 1 saturated carbocycles. The van der Waals surface area contributed by atoms with E-state index in [4.69, 9.17) is 5.73 Å². The molecule has 4 heterocycles. The average Bonchev–Trinajstić information content (AvgIpc) is 3.05. The highest BCUT2D eigenvalue weighted by atomic mass is 32.1. The zero-order valence-electron chi connectivity index (χ0n) is 17.3. The van der Waals surface area contributed by atoms with E-state index in [1.54, 1.807) is 0 Å². The lowest BCUT2D eigenvalue weighted by atomic mass is 9.71. The number of piperidine rings is 2. The molecule has 2 bridgehead atoms. The Bertz CT molecular complexity index is 1160. The lowest BCUT2D eigenvalue weighted by Gasteiger charge is -2.48. The minimum absolute atomic E-state index is 0.183. The Morgan fingerprint density at radius 3 is 2.71 bits per heavy atom. The summed E-state index contributed by atoms with van der Waals surface area (Å²) in [5, 5.41) is 3.51. The number of carbonyl (C=O) groups excluding carboxylic acids is 1. The number of nitrogens with two attached hydrogens (primary N) is 1. The highest BCUT2D eigenvalue weighted by Gasteiger charge is 2.38. The van der Waals surface area contributed by atoms with Crippen molar-refractivity contribution in [2.75, 3.05) is 30.3 Å². The molecule has 2 saturated heterocycles. The van der Waals surface area contributed by atoms with E-state index < -0.39 is 11.6 Å². The van der Waals surface area contributed by atoms with Crippen LogP contribution in [0.1, 0.15) is 33.8 Å². The molecule has 0 atom stereocenters. The fraction of sp³-hybridized carbons (Fsp3) is 0.391. The number of benzene rings is 1. The maximum Gasteiger partial charge on any atom is 0.263 e. The number of nitrogens with one attached hydrogen (secondary N) is 1. The van der Waals surface area contributed by atoms with Crippen LogP contribution in [0.3, 0.4) is 0 Å². The quantitative estimate of drug-likeness (QED) is 0.619. The first-order chi connectivity index (χ1) is 14.9. The van der Waals surface area contributed by atoms with Crippen LogP contribution in [0.2, 0.25) is 0 Å². The lowest BCUT2D eigenvalue weighted by molar-refractivity contribution is 0.0959. The van der Waals surface area contributed by atoms with Gasteiger partial charge in [0.1, 0.15) is 21.3 Å². The van der Waals surface area contributed by atoms with Crippen LogP contribution in [0.25, 0.3) is 10.2 Å². The van der Waals surface area contributed by atoms with Crippen LogP contribution in [0.15, 0.2) is 24.3 Å². The molecule has 0 radical (unpaired) electrons. The Labute approximate surface area is 183 Å². The Morgan fingerprint density at radius 2 is 1.97 bits per heavy atom. The lowest BCUT2D eigenvalue weighted by Crippen LogP contribution is -2.49. The molecular weight excluding hydrogens is 418 g/mol. The van der Waals surface area contributed by atoms with E-state index in [0.29, 0.717) is 32.9 Å². The van der Waals surface area contributed by atoms with E-state index >= 15 is 0 Å². The number of amides is 1. The van der Waals surface area contributed by atoms with Gasteiger partial charge in [0.2, 0.25) is 0 Å². The van der Waals surface area contributed by atoms with E-state index in [9.17, 15) is 13.6 Å². The van der Waals surface area contributed by atoms with Crippen LogP contribution in [-0.2, 0) is 6.42 Å². The molecule has 2 aromatic heterocycles. The normalized spacial score (nSPS) is 20.0. The van der Waals surface area contributed by atoms with Gasteiger partial charge in [-0.05, 0) is 61.8 Å². The highest BCUT2D eigenvalue weighted by molar-refractivity contribution is 7.21. The Balaban J connectivity index is 1.24. The first-order valence-corrected chi connectivity index (χ1v) is 11.4. The second-order valence-electron chi connectivity index (χ2n) is 8.66. The summed E-state index contributed by atoms with van der Waals surface area (Å²) in [4.78, 5) is 20.0. The van der Waals surface area contributed by atoms with Crippen LogP contribution in [0, 0.1) is 30.4 Å². The molecule has 0 unspecified atom stereocenters. The van der Waals surface area contributed by atoms with Gasteiger partial charge in [0.15, 0.2) is 0 Å². The highest BCUT2D eigenvalue weighted by Crippen LogP contribution is 2.41. The van der Waals surface area contributed by atoms with Crippen molar-refractivity contribution in [3.8, 4) is 0 Å². The number of nitrogen functional groups attached to an aromatic ring is 1. The van der Waals surface area contributed by atoms with Gasteiger partial charge in [-0.3, -0.25) is 4.79 Å². The van der Waals surface area contributed by atoms with E-state index in [-0.39, 0.29) is 24.4 Å². The topological polar surface area (TPSA) is 71.2 Å². The molecule has 6 rings (SSSR count). The maximum absolute atomic E-state index is 14.7. The van der Waals surface area contributed by atoms with Crippen molar-refractivity contribution < 1.29 is 13.6 Å². The zero-order valence-corrected chi connectivity index (χ0v) is 18.1. The van der Waals surface area contributed by atoms with Crippen LogP contribution in [-0.4, -0.2) is 30.5 Å². The number of rotatable bonds is 5. The molecule has 3 N–H and O–H groups in total. The number of pyridine rings is 1. The van der Waals surface area contributed by atoms with Gasteiger partial charge in [0.25, 0.3) is 5.91 Å². The Morgan fingerprint density at radius 1 is 1.23 bits per heavy atom. The molecule has 1 amide bonds. The van der Waals surface area contributed by atoms with Gasteiger partial charge in [-0.2, -0.15) is 0 Å². The van der Waals surface area contributed by atoms with Gasteiger partial charge < -0.3 is 16.0 Å². The number of aryl methyl sites for hydroxylation is 1. The van der Waals surface area contributed by atoms with Gasteiger partial charge in [-0.25, -0.2) is 13.8 Å². The number of anilines is 2. The summed E-state index contributed by atoms with van der Waals surface area (Å²) in [7, 11) is 0. The summed E-state index contributed by atoms with van der Waals surface area (Å²) in [6.07, 6.45) is 2.61. The third-order valence-electron chi connectivity index (χ3n) is 6.37. The monoisotopic (exact) mass is 442 g/mol. The minimum atomic E-state index is -0.439. The summed E-state index contributed by atoms with van der Waals surface area (Å²) in [6.45, 7) is 3.66. The molecule has 0 spiro atoms. The molecule has 3 aliphatic rings. The molecule has 2 aliphatic heterocycles. The molecule has 1 aromatic carbocycles. The van der Waals surface area contributed by atoms with Gasteiger partial charge in [-0.15, -0.1) is 11.3 Å². The Kier molecular flexibility index (Phi) is 5.04. The number of thiophene rings is 1. The molecule has 8 heteroatoms. The van der Waals surface area contributed by atoms with Crippen molar-refractivity contribution in [2.24, 2.45) is 11.8 Å². The summed E-state index contributed by atoms with van der Waals surface area (Å²) in [5.74, 6) is 0.0430. The molecular formula is C23H24F2N4OS. The van der Waals surface area contributed by atoms with Crippen molar-refractivity contribution in [3.05, 3.63) is 52.0 Å². The second-order valence-corrected chi connectivity index (χ2v) is 9.66. The number of hydrogen-bond donors (Lipinski definition) is 2. The minimum Gasteiger partial charge on any atom is -0.397 e. The number of halogens is 2. The van der Waals surface area contributed by atoms with E-state index in [1.165, 1.54) is 36.3 Å². The standard InChI is InChI=1S/C23H24F2N4OS/c1-12-2-3-16-20(26)21(31-23(16)28-12)22(30)27-5-4-15-8-18(25)19(9-17(15)24)29-10-13-6-14(7-13)11-29/h2-3,8-9,13-14H,4-7,10-11,26H2,1H3,(H,27,30). The molecule has 1 aliphatic carbocycles. The van der Waals surface area contributed by atoms with E-state index in [1.807, 2.05) is 24.0 Å². The van der Waals surface area contributed by atoms with E-state index in [2.05, 4.69) is 10.3 Å². The predicted octanol–water partition coefficient (Wildman–Crippen LogP) is 4.28. The summed E-state index contributed by atoms with van der Waals surface area (Å²) < 4.78 is 29.3. The average molecular weight is 443 g/mol. The second kappa shape index (κ2) is 7.75. The SMILES string of the molecule is Cc1ccc2c(N)c(C(=O)NCCc3cc(F)c(N4CC5CC(C5)C4)cc3F)sc2n1. The van der Waals surface area contributed by atoms with E-state index in [0.717, 1.165) is 24.2 Å². The Hall–Kier alpha value is -2.74. The number of fused-ring (bicyclic) bond motifs is 3. The summed E-state index contributed by atoms with van der Waals surface area (Å²) in [5.41, 5.74) is 7.96. The van der Waals surface area contributed by atoms with Gasteiger partial charge >= 0.3 is 0 Å². The van der Waals surface area contributed by atoms with Gasteiger partial charge in [0.05, 0.1) is 11.4 Å². The van der Waals surface area contributed by atoms with Crippen molar-refractivity contribution in [1.29, 1.82) is 0 Å². The zero-order chi connectivity index (χ0) is 21.7. The van der Waals surface area contributed by atoms with Gasteiger partial charge in [0, 0.05) is 36.8 Å². The largest absolute Gasteiger partial charge is 0.397 e. The van der Waals surface area contributed by atoms with Gasteiger partial charge in [-0.1, -0.05) is 0 Å². The van der Waals surface area contributed by atoms with Crippen molar-refractivity contribution >= 4 is 38.8 Å². The van der Waals surface area contributed by atoms with Crippen molar-refractivity contribution in [2.45, 2.75) is 26.2 Å². The fourth-order valence-corrected chi connectivity index (χ4v) is 5.78. The molecule has 3 fully saturated rings. The molecule has 3 aromatic rings. The van der Waals surface area contributed by atoms with Crippen LogP contribution in [0.4, 0.5) is 20.2 Å². The first kappa shape index (κ1) is 20.2. The summed E-state index contributed by atoms with van der Waals surface area (Å²) in [6, 6.07) is 6.26. The fourth-order valence-electron chi connectivity index (χ4n) is 4.73. The van der Waals surface area contributed by atoms with Crippen LogP contribution < -0.4 is 16.0 Å². The first-order valence-electron chi connectivity index (χ1n) is 10.6. The number of aromatic nitrogens is 1. The predicted molar refractivity (Wildman–Crippen MR) is 120 cm³/mol. The van der Waals surface area contributed by atoms with Crippen molar-refractivity contribution in [3.63, 3.8) is 0 Å². The molecule has 5 nitrogen and oxygen atoms in total. The number of hydrogen-bond acceptors (Lipinski definition) is 5. The maximum atomic E-state index is 14.7. The number of carbonyl (C=O) groups is 1. The summed E-state index contributed by atoms with van der Waals surface area (Å²) >= 11 is 1.23. The number of nitrogens with zero attached hydrogens (tertiary/aromatic N) is 2. The third-order valence-corrected chi connectivity index (χ3v) is 7.48. The third kappa shape index (κ3) is 3.73. The molecule has 31 heavy (non-hydrogen) atoms. The van der Waals surface area contributed by atoms with Crippen LogP contribution in [0.5, 0.6) is 0 Å².